The predicted molar refractivity (Wildman–Crippen MR) is 74.3 cm³/mol. The van der Waals surface area contributed by atoms with Crippen LogP contribution >= 0.6 is 23.4 Å². The first-order valence-electron chi connectivity index (χ1n) is 5.48. The van der Waals surface area contributed by atoms with Crippen molar-refractivity contribution in [3.63, 3.8) is 0 Å². The third kappa shape index (κ3) is 2.21. The number of aryl methyl sites for hydroxylation is 1. The summed E-state index contributed by atoms with van der Waals surface area (Å²) in [6.45, 7) is 0. The van der Waals surface area contributed by atoms with Crippen molar-refractivity contribution in [2.24, 2.45) is 7.05 Å². The molecule has 0 aliphatic carbocycles. The van der Waals surface area contributed by atoms with Crippen molar-refractivity contribution in [2.75, 3.05) is 5.32 Å². The SMILES string of the molecule is C[n+]1cc(Cl)cc2c1NC(=Cc1ccncc1)S2. The van der Waals surface area contributed by atoms with E-state index < -0.39 is 0 Å². The summed E-state index contributed by atoms with van der Waals surface area (Å²) in [5, 5.41) is 5.22. The Morgan fingerprint density at radius 1 is 1.39 bits per heavy atom. The fourth-order valence-corrected chi connectivity index (χ4v) is 3.20. The molecule has 0 saturated heterocycles. The Morgan fingerprint density at radius 3 is 2.94 bits per heavy atom. The molecule has 0 saturated carbocycles. The Balaban J connectivity index is 1.94. The Morgan fingerprint density at radius 2 is 2.17 bits per heavy atom. The number of aromatic nitrogens is 2. The molecule has 1 aliphatic heterocycles. The van der Waals surface area contributed by atoms with Crippen LogP contribution in [-0.4, -0.2) is 4.98 Å². The van der Waals surface area contributed by atoms with E-state index in [0.29, 0.717) is 0 Å². The van der Waals surface area contributed by atoms with Crippen molar-refractivity contribution >= 4 is 35.3 Å². The monoisotopic (exact) mass is 276 g/mol. The van der Waals surface area contributed by atoms with E-state index in [4.69, 9.17) is 11.6 Å². The molecule has 18 heavy (non-hydrogen) atoms. The molecule has 0 amide bonds. The molecule has 2 aromatic rings. The molecule has 0 atom stereocenters. The van der Waals surface area contributed by atoms with Crippen molar-refractivity contribution in [3.05, 3.63) is 52.4 Å². The number of fused-ring (bicyclic) bond motifs is 1. The zero-order chi connectivity index (χ0) is 12.5. The average Bonchev–Trinajstić information content (AvgIpc) is 2.73. The highest BCUT2D eigenvalue weighted by atomic mass is 35.5. The molecule has 3 heterocycles. The van der Waals surface area contributed by atoms with E-state index in [1.165, 1.54) is 0 Å². The van der Waals surface area contributed by atoms with Gasteiger partial charge in [0.25, 0.3) is 5.82 Å². The number of nitrogens with one attached hydrogen (secondary N) is 1. The summed E-state index contributed by atoms with van der Waals surface area (Å²) in [6, 6.07) is 5.93. The molecule has 0 spiro atoms. The van der Waals surface area contributed by atoms with Crippen LogP contribution in [0.1, 0.15) is 5.56 Å². The van der Waals surface area contributed by atoms with Crippen LogP contribution in [0.2, 0.25) is 5.02 Å². The van der Waals surface area contributed by atoms with E-state index in [2.05, 4.69) is 16.4 Å². The minimum atomic E-state index is 0.746. The smallest absolute Gasteiger partial charge is 0.265 e. The first-order chi connectivity index (χ1) is 8.72. The summed E-state index contributed by atoms with van der Waals surface area (Å²) in [4.78, 5) is 5.15. The van der Waals surface area contributed by atoms with Gasteiger partial charge in [-0.3, -0.25) is 4.98 Å². The molecule has 0 unspecified atom stereocenters. The second-order valence-electron chi connectivity index (χ2n) is 4.00. The molecular weight excluding hydrogens is 266 g/mol. The lowest BCUT2D eigenvalue weighted by Gasteiger charge is -1.97. The summed E-state index contributed by atoms with van der Waals surface area (Å²) in [5.41, 5.74) is 1.13. The second kappa shape index (κ2) is 4.63. The molecule has 0 aromatic carbocycles. The van der Waals surface area contributed by atoms with Gasteiger partial charge in [0.1, 0.15) is 11.1 Å². The Kier molecular flexibility index (Phi) is 2.97. The Hall–Kier alpha value is -1.52. The number of anilines is 1. The lowest BCUT2D eigenvalue weighted by atomic mass is 10.3. The van der Waals surface area contributed by atoms with Crippen molar-refractivity contribution < 1.29 is 4.57 Å². The molecule has 0 bridgehead atoms. The molecule has 1 aliphatic rings. The van der Waals surface area contributed by atoms with E-state index >= 15 is 0 Å². The molecule has 5 heteroatoms. The zero-order valence-electron chi connectivity index (χ0n) is 9.72. The highest BCUT2D eigenvalue weighted by Gasteiger charge is 2.26. The van der Waals surface area contributed by atoms with E-state index in [0.717, 1.165) is 26.3 Å². The first-order valence-corrected chi connectivity index (χ1v) is 6.67. The van der Waals surface area contributed by atoms with E-state index in [9.17, 15) is 0 Å². The second-order valence-corrected chi connectivity index (χ2v) is 5.52. The van der Waals surface area contributed by atoms with Gasteiger partial charge in [0, 0.05) is 12.4 Å². The molecule has 0 radical (unpaired) electrons. The van der Waals surface area contributed by atoms with Gasteiger partial charge in [-0.25, -0.2) is 9.88 Å². The summed E-state index contributed by atoms with van der Waals surface area (Å²) in [7, 11) is 1.98. The van der Waals surface area contributed by atoms with Crippen LogP contribution in [0.5, 0.6) is 0 Å². The van der Waals surface area contributed by atoms with Crippen LogP contribution in [0.3, 0.4) is 0 Å². The van der Waals surface area contributed by atoms with Gasteiger partial charge in [-0.2, -0.15) is 0 Å². The number of pyridine rings is 2. The topological polar surface area (TPSA) is 28.8 Å². The predicted octanol–water partition coefficient (Wildman–Crippen LogP) is 3.08. The van der Waals surface area contributed by atoms with Crippen LogP contribution in [0, 0.1) is 0 Å². The number of thioether (sulfide) groups is 1. The standard InChI is InChI=1S/C13H10ClN3S/c1-17-8-10(14)7-11-13(17)16-12(18-11)6-9-2-4-15-5-3-9/h2-8H,1H3/p+1. The summed E-state index contributed by atoms with van der Waals surface area (Å²) in [5.74, 6) is 1.07. The maximum Gasteiger partial charge on any atom is 0.294 e. The number of nitrogens with zero attached hydrogens (tertiary/aromatic N) is 2. The van der Waals surface area contributed by atoms with Crippen molar-refractivity contribution in [2.45, 2.75) is 4.90 Å². The van der Waals surface area contributed by atoms with E-state index in [-0.39, 0.29) is 0 Å². The fourth-order valence-electron chi connectivity index (χ4n) is 1.82. The van der Waals surface area contributed by atoms with Gasteiger partial charge in [-0.1, -0.05) is 11.6 Å². The Bertz CT molecular complexity index is 626. The van der Waals surface area contributed by atoms with Gasteiger partial charge >= 0.3 is 0 Å². The quantitative estimate of drug-likeness (QED) is 0.812. The van der Waals surface area contributed by atoms with Crippen molar-refractivity contribution in [1.29, 1.82) is 0 Å². The van der Waals surface area contributed by atoms with E-state index in [1.54, 1.807) is 24.2 Å². The molecule has 3 nitrogen and oxygen atoms in total. The molecule has 3 rings (SSSR count). The number of rotatable bonds is 1. The molecular formula is C13H11ClN3S+. The highest BCUT2D eigenvalue weighted by Crippen LogP contribution is 2.40. The van der Waals surface area contributed by atoms with Crippen LogP contribution < -0.4 is 9.88 Å². The van der Waals surface area contributed by atoms with Crippen molar-refractivity contribution in [3.8, 4) is 0 Å². The van der Waals surface area contributed by atoms with Gasteiger partial charge in [-0.05, 0) is 41.6 Å². The lowest BCUT2D eigenvalue weighted by molar-refractivity contribution is -0.658. The van der Waals surface area contributed by atoms with Crippen molar-refractivity contribution in [1.82, 2.24) is 4.98 Å². The number of hydrogen-bond acceptors (Lipinski definition) is 3. The van der Waals surface area contributed by atoms with Crippen LogP contribution in [0.4, 0.5) is 5.82 Å². The van der Waals surface area contributed by atoms with Crippen LogP contribution in [0.25, 0.3) is 6.08 Å². The van der Waals surface area contributed by atoms with Gasteiger partial charge < -0.3 is 0 Å². The van der Waals surface area contributed by atoms with Crippen LogP contribution in [-0.2, 0) is 7.05 Å². The average molecular weight is 277 g/mol. The highest BCUT2D eigenvalue weighted by molar-refractivity contribution is 8.03. The van der Waals surface area contributed by atoms with Crippen LogP contribution in [0.15, 0.2) is 46.7 Å². The maximum atomic E-state index is 6.05. The minimum absolute atomic E-state index is 0.746. The zero-order valence-corrected chi connectivity index (χ0v) is 11.3. The fraction of sp³-hybridized carbons (Fsp3) is 0.0769. The maximum absolute atomic E-state index is 6.05. The third-order valence-electron chi connectivity index (χ3n) is 2.64. The molecule has 90 valence electrons. The molecule has 0 fully saturated rings. The van der Waals surface area contributed by atoms with Gasteiger partial charge in [-0.15, -0.1) is 0 Å². The van der Waals surface area contributed by atoms with Gasteiger partial charge in [0.2, 0.25) is 0 Å². The summed E-state index contributed by atoms with van der Waals surface area (Å²) >= 11 is 7.73. The molecule has 1 N–H and O–H groups in total. The summed E-state index contributed by atoms with van der Waals surface area (Å²) in [6.07, 6.45) is 7.57. The number of hydrogen-bond donors (Lipinski definition) is 1. The first kappa shape index (κ1) is 11.6. The van der Waals surface area contributed by atoms with Gasteiger partial charge in [0.15, 0.2) is 5.03 Å². The number of halogens is 1. The Labute approximate surface area is 115 Å². The largest absolute Gasteiger partial charge is 0.294 e. The van der Waals surface area contributed by atoms with Gasteiger partial charge in [0.05, 0.1) is 12.1 Å². The summed E-state index contributed by atoms with van der Waals surface area (Å²) < 4.78 is 2.00. The lowest BCUT2D eigenvalue weighted by Crippen LogP contribution is -2.30. The third-order valence-corrected chi connectivity index (χ3v) is 3.82. The minimum Gasteiger partial charge on any atom is -0.265 e. The normalized spacial score (nSPS) is 15.6. The molecule has 2 aromatic heterocycles. The van der Waals surface area contributed by atoms with E-state index in [1.807, 2.05) is 36.0 Å².